The molecule has 0 atom stereocenters. The van der Waals surface area contributed by atoms with E-state index in [2.05, 4.69) is 25.5 Å². The first-order chi connectivity index (χ1) is 13.1. The maximum absolute atomic E-state index is 12.7. The zero-order valence-corrected chi connectivity index (χ0v) is 14.9. The fourth-order valence-electron chi connectivity index (χ4n) is 2.49. The molecule has 0 bridgehead atoms. The van der Waals surface area contributed by atoms with E-state index < -0.39 is 6.61 Å². The number of aryl methyl sites for hydroxylation is 1. The van der Waals surface area contributed by atoms with Gasteiger partial charge in [0.1, 0.15) is 5.75 Å². The van der Waals surface area contributed by atoms with Crippen molar-refractivity contribution in [3.63, 3.8) is 0 Å². The number of halogens is 2. The highest BCUT2D eigenvalue weighted by Gasteiger charge is 2.20. The third-order valence-corrected chi connectivity index (χ3v) is 3.84. The molecule has 0 saturated heterocycles. The van der Waals surface area contributed by atoms with Gasteiger partial charge in [-0.3, -0.25) is 4.99 Å². The zero-order valence-electron chi connectivity index (χ0n) is 14.9. The summed E-state index contributed by atoms with van der Waals surface area (Å²) < 4.78 is 45.7. The summed E-state index contributed by atoms with van der Waals surface area (Å²) in [5, 5.41) is 10.0. The third kappa shape index (κ3) is 4.78. The Kier molecular flexibility index (Phi) is 5.94. The van der Waals surface area contributed by atoms with Crippen molar-refractivity contribution in [3.05, 3.63) is 35.2 Å². The summed E-state index contributed by atoms with van der Waals surface area (Å²) >= 11 is 0. The van der Waals surface area contributed by atoms with Gasteiger partial charge in [-0.25, -0.2) is 0 Å². The molecule has 0 amide bonds. The Hall–Kier alpha value is -3.04. The van der Waals surface area contributed by atoms with Gasteiger partial charge in [-0.2, -0.15) is 8.78 Å². The lowest BCUT2D eigenvalue weighted by molar-refractivity contribution is -0.0505. The fourth-order valence-corrected chi connectivity index (χ4v) is 2.49. The van der Waals surface area contributed by atoms with E-state index in [4.69, 9.17) is 14.0 Å². The van der Waals surface area contributed by atoms with Crippen LogP contribution in [0.25, 0.3) is 0 Å². The van der Waals surface area contributed by atoms with Crippen molar-refractivity contribution < 1.29 is 27.5 Å². The molecular weight excluding hydrogens is 362 g/mol. The van der Waals surface area contributed by atoms with E-state index in [-0.39, 0.29) is 19.1 Å². The summed E-state index contributed by atoms with van der Waals surface area (Å²) in [5.41, 5.74) is 1.35. The molecule has 0 radical (unpaired) electrons. The van der Waals surface area contributed by atoms with Crippen LogP contribution in [0.2, 0.25) is 0 Å². The molecule has 0 unspecified atom stereocenters. The molecule has 3 rings (SSSR count). The van der Waals surface area contributed by atoms with Gasteiger partial charge < -0.3 is 29.4 Å². The van der Waals surface area contributed by atoms with Gasteiger partial charge in [0.05, 0.1) is 12.2 Å². The molecule has 1 aliphatic heterocycles. The normalized spacial score (nSPS) is 13.1. The highest BCUT2D eigenvalue weighted by Crippen LogP contribution is 2.38. The highest BCUT2D eigenvalue weighted by atomic mass is 19.3. The van der Waals surface area contributed by atoms with Gasteiger partial charge in [-0.15, -0.1) is 0 Å². The van der Waals surface area contributed by atoms with Crippen LogP contribution >= 0.6 is 0 Å². The number of guanidine groups is 1. The maximum atomic E-state index is 12.7. The maximum Gasteiger partial charge on any atom is 0.387 e. The van der Waals surface area contributed by atoms with Gasteiger partial charge in [0, 0.05) is 31.3 Å². The fraction of sp³-hybridized carbons (Fsp3) is 0.412. The standard InChI is InChI=1S/C17H20F2N4O4/c1-3-11-5-12(27-23-11)8-22-17(20-2)21-7-10-4-14-15(25-9-24-14)6-13(10)26-16(18)19/h4-6,16H,3,7-9H2,1-2H3,(H2,20,21,22). The summed E-state index contributed by atoms with van der Waals surface area (Å²) in [5.74, 6) is 1.99. The average Bonchev–Trinajstić information content (AvgIpc) is 3.29. The number of alkyl halides is 2. The number of hydrogen-bond donors (Lipinski definition) is 2. The van der Waals surface area contributed by atoms with Crippen molar-refractivity contribution in [1.82, 2.24) is 15.8 Å². The van der Waals surface area contributed by atoms with E-state index in [1.807, 2.05) is 13.0 Å². The number of benzene rings is 1. The Morgan fingerprint density at radius 1 is 1.22 bits per heavy atom. The minimum atomic E-state index is -2.94. The molecule has 1 aromatic heterocycles. The molecule has 2 aromatic rings. The summed E-state index contributed by atoms with van der Waals surface area (Å²) in [6.45, 7) is -0.343. The minimum Gasteiger partial charge on any atom is -0.454 e. The predicted molar refractivity (Wildman–Crippen MR) is 92.1 cm³/mol. The number of hydrogen-bond acceptors (Lipinski definition) is 6. The lowest BCUT2D eigenvalue weighted by Crippen LogP contribution is -2.36. The van der Waals surface area contributed by atoms with E-state index in [1.165, 1.54) is 6.07 Å². The van der Waals surface area contributed by atoms with Crippen LogP contribution in [-0.4, -0.2) is 31.6 Å². The first-order valence-electron chi connectivity index (χ1n) is 8.35. The largest absolute Gasteiger partial charge is 0.454 e. The van der Waals surface area contributed by atoms with Crippen molar-refractivity contribution in [2.45, 2.75) is 33.0 Å². The van der Waals surface area contributed by atoms with Crippen LogP contribution in [0.5, 0.6) is 17.2 Å². The van der Waals surface area contributed by atoms with Gasteiger partial charge in [0.2, 0.25) is 6.79 Å². The summed E-state index contributed by atoms with van der Waals surface area (Å²) in [7, 11) is 1.60. The molecule has 1 aliphatic rings. The topological polar surface area (TPSA) is 90.1 Å². The molecule has 27 heavy (non-hydrogen) atoms. The van der Waals surface area contributed by atoms with Crippen molar-refractivity contribution in [2.24, 2.45) is 4.99 Å². The van der Waals surface area contributed by atoms with Gasteiger partial charge >= 0.3 is 6.61 Å². The second-order valence-corrected chi connectivity index (χ2v) is 5.61. The highest BCUT2D eigenvalue weighted by molar-refractivity contribution is 5.79. The Balaban J connectivity index is 1.63. The number of ether oxygens (including phenoxy) is 3. The molecule has 0 aliphatic carbocycles. The van der Waals surface area contributed by atoms with E-state index in [0.717, 1.165) is 12.1 Å². The number of aromatic nitrogens is 1. The van der Waals surface area contributed by atoms with Gasteiger partial charge in [-0.1, -0.05) is 12.1 Å². The van der Waals surface area contributed by atoms with Crippen LogP contribution in [0.4, 0.5) is 8.78 Å². The molecule has 1 aromatic carbocycles. The number of aliphatic imine (C=N–C) groups is 1. The van der Waals surface area contributed by atoms with Gasteiger partial charge in [0.15, 0.2) is 23.2 Å². The predicted octanol–water partition coefficient (Wildman–Crippen LogP) is 2.43. The number of fused-ring (bicyclic) bond motifs is 1. The molecule has 0 fully saturated rings. The smallest absolute Gasteiger partial charge is 0.387 e. The van der Waals surface area contributed by atoms with Crippen LogP contribution < -0.4 is 24.8 Å². The monoisotopic (exact) mass is 382 g/mol. The first-order valence-corrected chi connectivity index (χ1v) is 8.35. The van der Waals surface area contributed by atoms with E-state index in [0.29, 0.717) is 35.3 Å². The van der Waals surface area contributed by atoms with Crippen LogP contribution in [0.1, 0.15) is 23.9 Å². The van der Waals surface area contributed by atoms with E-state index in [1.54, 1.807) is 13.1 Å². The lowest BCUT2D eigenvalue weighted by atomic mass is 10.1. The molecule has 8 nitrogen and oxygen atoms in total. The average molecular weight is 382 g/mol. The number of nitrogens with zero attached hydrogens (tertiary/aromatic N) is 2. The lowest BCUT2D eigenvalue weighted by Gasteiger charge is -2.14. The van der Waals surface area contributed by atoms with E-state index in [9.17, 15) is 8.78 Å². The third-order valence-electron chi connectivity index (χ3n) is 3.84. The zero-order chi connectivity index (χ0) is 19.2. The minimum absolute atomic E-state index is 0.0139. The Morgan fingerprint density at radius 2 is 1.96 bits per heavy atom. The molecule has 146 valence electrons. The van der Waals surface area contributed by atoms with Crippen LogP contribution in [0, 0.1) is 0 Å². The van der Waals surface area contributed by atoms with Crippen molar-refractivity contribution >= 4 is 5.96 Å². The van der Waals surface area contributed by atoms with E-state index >= 15 is 0 Å². The van der Waals surface area contributed by atoms with Gasteiger partial charge in [0.25, 0.3) is 0 Å². The molecule has 0 saturated carbocycles. The summed E-state index contributed by atoms with van der Waals surface area (Å²) in [6, 6.07) is 4.85. The number of nitrogens with one attached hydrogen (secondary N) is 2. The van der Waals surface area contributed by atoms with Crippen LogP contribution in [-0.2, 0) is 19.5 Å². The molecule has 2 heterocycles. The summed E-state index contributed by atoms with van der Waals surface area (Å²) in [6.07, 6.45) is 0.785. The Labute approximate surface area is 154 Å². The second kappa shape index (κ2) is 8.56. The molecule has 10 heteroatoms. The van der Waals surface area contributed by atoms with Crippen molar-refractivity contribution in [1.29, 1.82) is 0 Å². The first kappa shape index (κ1) is 18.7. The van der Waals surface area contributed by atoms with Crippen LogP contribution in [0.3, 0.4) is 0 Å². The quantitative estimate of drug-likeness (QED) is 0.561. The Bertz CT molecular complexity index is 810. The molecule has 0 spiro atoms. The Morgan fingerprint density at radius 3 is 2.63 bits per heavy atom. The number of rotatable bonds is 7. The molecule has 2 N–H and O–H groups in total. The van der Waals surface area contributed by atoms with Crippen LogP contribution in [0.15, 0.2) is 27.7 Å². The van der Waals surface area contributed by atoms with Gasteiger partial charge in [-0.05, 0) is 12.5 Å². The van der Waals surface area contributed by atoms with Crippen molar-refractivity contribution in [3.8, 4) is 17.2 Å². The SMILES string of the molecule is CCc1cc(CNC(=NC)NCc2cc3c(cc2OC(F)F)OCO3)on1. The molecular formula is C17H20F2N4O4. The van der Waals surface area contributed by atoms with Crippen molar-refractivity contribution in [2.75, 3.05) is 13.8 Å². The second-order valence-electron chi connectivity index (χ2n) is 5.61. The summed E-state index contributed by atoms with van der Waals surface area (Å²) in [4.78, 5) is 4.10.